The summed E-state index contributed by atoms with van der Waals surface area (Å²) in [5.41, 5.74) is 2.16. The Balaban J connectivity index is 1.66. The van der Waals surface area contributed by atoms with Crippen LogP contribution in [0.4, 0.5) is 0 Å². The standard InChI is InChI=1S/C26H34N2O4/c1-4-19(2)27-26(30)20(3)28(15-14-21-8-6-5-7-9-21)25(29)13-11-22-10-12-23-24(18-22)32-17-16-31-23/h5-10,12,18-20H,4,11,13-17H2,1-3H3,(H,27,30). The number of nitrogens with one attached hydrogen (secondary N) is 1. The maximum atomic E-state index is 13.2. The van der Waals surface area contributed by atoms with Crippen molar-refractivity contribution in [1.82, 2.24) is 10.2 Å². The summed E-state index contributed by atoms with van der Waals surface area (Å²) in [5.74, 6) is 1.33. The summed E-state index contributed by atoms with van der Waals surface area (Å²) in [6.07, 6.45) is 2.46. The van der Waals surface area contributed by atoms with Crippen molar-refractivity contribution in [2.24, 2.45) is 0 Å². The van der Waals surface area contributed by atoms with Crippen LogP contribution < -0.4 is 14.8 Å². The van der Waals surface area contributed by atoms with Gasteiger partial charge in [-0.25, -0.2) is 0 Å². The average molecular weight is 439 g/mol. The molecule has 0 bridgehead atoms. The van der Waals surface area contributed by atoms with E-state index in [-0.39, 0.29) is 17.9 Å². The lowest BCUT2D eigenvalue weighted by Gasteiger charge is -2.30. The molecule has 2 aromatic rings. The number of ether oxygens (including phenoxy) is 2. The molecule has 0 spiro atoms. The van der Waals surface area contributed by atoms with Gasteiger partial charge in [0.25, 0.3) is 0 Å². The monoisotopic (exact) mass is 438 g/mol. The SMILES string of the molecule is CCC(C)NC(=O)C(C)N(CCc1ccccc1)C(=O)CCc1ccc2c(c1)OCCO2. The first-order valence-electron chi connectivity index (χ1n) is 11.5. The predicted molar refractivity (Wildman–Crippen MR) is 125 cm³/mol. The number of amides is 2. The lowest BCUT2D eigenvalue weighted by atomic mass is 10.1. The van der Waals surface area contributed by atoms with Crippen molar-refractivity contribution < 1.29 is 19.1 Å². The molecule has 172 valence electrons. The van der Waals surface area contributed by atoms with Crippen LogP contribution in [0.15, 0.2) is 48.5 Å². The Labute approximate surface area is 190 Å². The third kappa shape index (κ3) is 6.49. The molecule has 0 aromatic heterocycles. The number of carbonyl (C=O) groups is 2. The summed E-state index contributed by atoms with van der Waals surface area (Å²) in [6.45, 7) is 7.40. The van der Waals surface area contributed by atoms with Crippen LogP contribution in [0.1, 0.15) is 44.7 Å². The van der Waals surface area contributed by atoms with Gasteiger partial charge in [-0.05, 0) is 56.4 Å². The van der Waals surface area contributed by atoms with Crippen LogP contribution in [0.3, 0.4) is 0 Å². The Morgan fingerprint density at radius 1 is 0.969 bits per heavy atom. The van der Waals surface area contributed by atoms with Gasteiger partial charge >= 0.3 is 0 Å². The number of carbonyl (C=O) groups excluding carboxylic acids is 2. The second kappa shape index (κ2) is 11.6. The Hall–Kier alpha value is -3.02. The van der Waals surface area contributed by atoms with Crippen LogP contribution in [0.2, 0.25) is 0 Å². The third-order valence-corrected chi connectivity index (χ3v) is 5.89. The number of fused-ring (bicyclic) bond motifs is 1. The van der Waals surface area contributed by atoms with Crippen LogP contribution in [-0.2, 0) is 22.4 Å². The van der Waals surface area contributed by atoms with Gasteiger partial charge in [0.05, 0.1) is 0 Å². The fraction of sp³-hybridized carbons (Fsp3) is 0.462. The highest BCUT2D eigenvalue weighted by Crippen LogP contribution is 2.31. The van der Waals surface area contributed by atoms with Crippen LogP contribution in [0.5, 0.6) is 11.5 Å². The molecule has 2 amide bonds. The van der Waals surface area contributed by atoms with Crippen LogP contribution in [-0.4, -0.2) is 48.6 Å². The van der Waals surface area contributed by atoms with Gasteiger partial charge in [0.2, 0.25) is 11.8 Å². The molecule has 32 heavy (non-hydrogen) atoms. The van der Waals surface area contributed by atoms with E-state index in [0.717, 1.165) is 29.0 Å². The summed E-state index contributed by atoms with van der Waals surface area (Å²) in [5, 5.41) is 3.01. The van der Waals surface area contributed by atoms with Gasteiger partial charge < -0.3 is 19.7 Å². The number of aryl methyl sites for hydroxylation is 1. The van der Waals surface area contributed by atoms with Crippen LogP contribution in [0.25, 0.3) is 0 Å². The first-order chi connectivity index (χ1) is 15.5. The number of hydrogen-bond acceptors (Lipinski definition) is 4. The van der Waals surface area contributed by atoms with E-state index >= 15 is 0 Å². The minimum atomic E-state index is -0.527. The van der Waals surface area contributed by atoms with Gasteiger partial charge in [-0.2, -0.15) is 0 Å². The van der Waals surface area contributed by atoms with Gasteiger partial charge in [0.1, 0.15) is 19.3 Å². The molecule has 0 fully saturated rings. The maximum Gasteiger partial charge on any atom is 0.242 e. The topological polar surface area (TPSA) is 67.9 Å². The Morgan fingerprint density at radius 3 is 2.41 bits per heavy atom. The summed E-state index contributed by atoms with van der Waals surface area (Å²) >= 11 is 0. The highest BCUT2D eigenvalue weighted by atomic mass is 16.6. The first-order valence-corrected chi connectivity index (χ1v) is 11.5. The quantitative estimate of drug-likeness (QED) is 0.613. The largest absolute Gasteiger partial charge is 0.486 e. The minimum absolute atomic E-state index is 0.0254. The number of nitrogens with zero attached hydrogens (tertiary/aromatic N) is 1. The molecule has 0 radical (unpaired) electrons. The summed E-state index contributed by atoms with van der Waals surface area (Å²) < 4.78 is 11.2. The van der Waals surface area contributed by atoms with E-state index in [0.29, 0.717) is 39.0 Å². The molecule has 1 N–H and O–H groups in total. The minimum Gasteiger partial charge on any atom is -0.486 e. The zero-order valence-corrected chi connectivity index (χ0v) is 19.3. The van der Waals surface area contributed by atoms with Gasteiger partial charge in [-0.1, -0.05) is 43.3 Å². The summed E-state index contributed by atoms with van der Waals surface area (Å²) in [4.78, 5) is 27.7. The zero-order valence-electron chi connectivity index (χ0n) is 19.3. The normalized spacial score (nSPS) is 14.3. The number of hydrogen-bond donors (Lipinski definition) is 1. The van der Waals surface area contributed by atoms with E-state index < -0.39 is 6.04 Å². The van der Waals surface area contributed by atoms with E-state index in [4.69, 9.17) is 9.47 Å². The fourth-order valence-corrected chi connectivity index (χ4v) is 3.67. The molecular formula is C26H34N2O4. The molecule has 2 aromatic carbocycles. The van der Waals surface area contributed by atoms with Crippen molar-refractivity contribution in [1.29, 1.82) is 0 Å². The second-order valence-corrected chi connectivity index (χ2v) is 8.29. The van der Waals surface area contributed by atoms with Crippen LogP contribution in [0, 0.1) is 0 Å². The molecule has 0 saturated heterocycles. The summed E-state index contributed by atoms with van der Waals surface area (Å²) in [7, 11) is 0. The van der Waals surface area contributed by atoms with Crippen molar-refractivity contribution in [3.63, 3.8) is 0 Å². The van der Waals surface area contributed by atoms with Crippen LogP contribution >= 0.6 is 0 Å². The van der Waals surface area contributed by atoms with E-state index in [9.17, 15) is 9.59 Å². The third-order valence-electron chi connectivity index (χ3n) is 5.89. The van der Waals surface area contributed by atoms with Gasteiger partial charge in [0, 0.05) is 19.0 Å². The molecule has 2 unspecified atom stereocenters. The molecule has 2 atom stereocenters. The molecule has 0 aliphatic carbocycles. The van der Waals surface area contributed by atoms with E-state index in [2.05, 4.69) is 5.32 Å². The Morgan fingerprint density at radius 2 is 1.69 bits per heavy atom. The van der Waals surface area contributed by atoms with Gasteiger partial charge in [0.15, 0.2) is 11.5 Å². The highest BCUT2D eigenvalue weighted by molar-refractivity contribution is 5.87. The second-order valence-electron chi connectivity index (χ2n) is 8.29. The number of benzene rings is 2. The van der Waals surface area contributed by atoms with Gasteiger partial charge in [-0.3, -0.25) is 9.59 Å². The molecular weight excluding hydrogens is 404 g/mol. The van der Waals surface area contributed by atoms with E-state index in [1.165, 1.54) is 0 Å². The van der Waals surface area contributed by atoms with E-state index in [1.54, 1.807) is 4.90 Å². The smallest absolute Gasteiger partial charge is 0.242 e. The first kappa shape index (κ1) is 23.6. The Kier molecular flexibility index (Phi) is 8.54. The van der Waals surface area contributed by atoms with Crippen molar-refractivity contribution >= 4 is 11.8 Å². The molecule has 0 saturated carbocycles. The molecule has 1 aliphatic heterocycles. The van der Waals surface area contributed by atoms with Gasteiger partial charge in [-0.15, -0.1) is 0 Å². The fourth-order valence-electron chi connectivity index (χ4n) is 3.67. The number of rotatable bonds is 10. The summed E-state index contributed by atoms with van der Waals surface area (Å²) in [6, 6.07) is 15.4. The lowest BCUT2D eigenvalue weighted by molar-refractivity contribution is -0.140. The van der Waals surface area contributed by atoms with E-state index in [1.807, 2.05) is 69.3 Å². The van der Waals surface area contributed by atoms with Crippen molar-refractivity contribution in [3.05, 3.63) is 59.7 Å². The zero-order chi connectivity index (χ0) is 22.9. The van der Waals surface area contributed by atoms with Crippen molar-refractivity contribution in [2.75, 3.05) is 19.8 Å². The molecule has 6 nitrogen and oxygen atoms in total. The molecule has 3 rings (SSSR count). The molecule has 6 heteroatoms. The van der Waals surface area contributed by atoms with Crippen molar-refractivity contribution in [3.8, 4) is 11.5 Å². The molecule has 1 aliphatic rings. The Bertz CT molecular complexity index is 900. The average Bonchev–Trinajstić information content (AvgIpc) is 2.83. The highest BCUT2D eigenvalue weighted by Gasteiger charge is 2.26. The predicted octanol–water partition coefficient (Wildman–Crippen LogP) is 3.76. The van der Waals surface area contributed by atoms with Crippen molar-refractivity contribution in [2.45, 2.75) is 58.5 Å². The molecule has 1 heterocycles. The maximum absolute atomic E-state index is 13.2. The lowest BCUT2D eigenvalue weighted by Crippen LogP contribution is -2.50.